The van der Waals surface area contributed by atoms with Crippen molar-refractivity contribution in [3.8, 4) is 0 Å². The standard InChI is InChI=1S/C12H16N2O2/c1-2-16-8-4-7-14-12(15)10-5-3-6-11(13)9-10/h2-3,5-6,9H,1,4,7-8,13H2,(H,14,15). The quantitative estimate of drug-likeness (QED) is 0.434. The molecule has 0 aliphatic heterocycles. The van der Waals surface area contributed by atoms with Crippen molar-refractivity contribution in [1.29, 1.82) is 0 Å². The summed E-state index contributed by atoms with van der Waals surface area (Å²) in [6.45, 7) is 4.55. The minimum absolute atomic E-state index is 0.120. The first-order valence-corrected chi connectivity index (χ1v) is 5.10. The van der Waals surface area contributed by atoms with Gasteiger partial charge in [-0.15, -0.1) is 0 Å². The number of hydrogen-bond donors (Lipinski definition) is 2. The average molecular weight is 220 g/mol. The Bertz CT molecular complexity index is 364. The van der Waals surface area contributed by atoms with Crippen LogP contribution in [0.1, 0.15) is 16.8 Å². The van der Waals surface area contributed by atoms with Gasteiger partial charge >= 0.3 is 0 Å². The molecule has 4 heteroatoms. The van der Waals surface area contributed by atoms with E-state index in [1.165, 1.54) is 6.26 Å². The first-order chi connectivity index (χ1) is 7.74. The zero-order chi connectivity index (χ0) is 11.8. The minimum Gasteiger partial charge on any atom is -0.502 e. The van der Waals surface area contributed by atoms with Crippen molar-refractivity contribution in [3.63, 3.8) is 0 Å². The van der Waals surface area contributed by atoms with Crippen molar-refractivity contribution in [2.45, 2.75) is 6.42 Å². The summed E-state index contributed by atoms with van der Waals surface area (Å²) in [7, 11) is 0. The molecule has 0 atom stereocenters. The Morgan fingerprint density at radius 3 is 3.06 bits per heavy atom. The van der Waals surface area contributed by atoms with E-state index in [0.29, 0.717) is 24.4 Å². The van der Waals surface area contributed by atoms with Crippen molar-refractivity contribution >= 4 is 11.6 Å². The van der Waals surface area contributed by atoms with Crippen molar-refractivity contribution in [1.82, 2.24) is 5.32 Å². The fourth-order valence-corrected chi connectivity index (χ4v) is 1.22. The average Bonchev–Trinajstić information content (AvgIpc) is 2.28. The van der Waals surface area contributed by atoms with E-state index in [2.05, 4.69) is 11.9 Å². The largest absolute Gasteiger partial charge is 0.502 e. The molecule has 0 saturated heterocycles. The molecule has 3 N–H and O–H groups in total. The van der Waals surface area contributed by atoms with Crippen molar-refractivity contribution in [3.05, 3.63) is 42.7 Å². The van der Waals surface area contributed by atoms with Crippen LogP contribution in [0.25, 0.3) is 0 Å². The molecular weight excluding hydrogens is 204 g/mol. The Hall–Kier alpha value is -1.97. The SMILES string of the molecule is C=COCCCNC(=O)c1cccc(N)c1. The molecule has 0 fully saturated rings. The van der Waals surface area contributed by atoms with Crippen LogP contribution in [-0.2, 0) is 4.74 Å². The second-order valence-electron chi connectivity index (χ2n) is 3.27. The molecule has 1 amide bonds. The van der Waals surface area contributed by atoms with Crippen LogP contribution in [0, 0.1) is 0 Å². The Morgan fingerprint density at radius 2 is 2.38 bits per heavy atom. The smallest absolute Gasteiger partial charge is 0.251 e. The van der Waals surface area contributed by atoms with Gasteiger partial charge in [0.05, 0.1) is 12.9 Å². The molecule has 4 nitrogen and oxygen atoms in total. The fraction of sp³-hybridized carbons (Fsp3) is 0.250. The third-order valence-electron chi connectivity index (χ3n) is 1.99. The number of carbonyl (C=O) groups excluding carboxylic acids is 1. The number of hydrogen-bond acceptors (Lipinski definition) is 3. The number of carbonyl (C=O) groups is 1. The van der Waals surface area contributed by atoms with E-state index in [-0.39, 0.29) is 5.91 Å². The van der Waals surface area contributed by atoms with E-state index in [4.69, 9.17) is 10.5 Å². The van der Waals surface area contributed by atoms with Gasteiger partial charge < -0.3 is 15.8 Å². The predicted molar refractivity (Wildman–Crippen MR) is 64.0 cm³/mol. The van der Waals surface area contributed by atoms with Crippen LogP contribution >= 0.6 is 0 Å². The zero-order valence-electron chi connectivity index (χ0n) is 9.11. The predicted octanol–water partition coefficient (Wildman–Crippen LogP) is 1.55. The Balaban J connectivity index is 2.32. The van der Waals surface area contributed by atoms with Crippen LogP contribution < -0.4 is 11.1 Å². The van der Waals surface area contributed by atoms with E-state index in [1.807, 2.05) is 0 Å². The van der Waals surface area contributed by atoms with Gasteiger partial charge in [-0.05, 0) is 24.6 Å². The van der Waals surface area contributed by atoms with Crippen molar-refractivity contribution < 1.29 is 9.53 Å². The van der Waals surface area contributed by atoms with E-state index in [1.54, 1.807) is 24.3 Å². The monoisotopic (exact) mass is 220 g/mol. The van der Waals surface area contributed by atoms with Crippen molar-refractivity contribution in [2.75, 3.05) is 18.9 Å². The Kier molecular flexibility index (Phi) is 4.92. The van der Waals surface area contributed by atoms with Crippen LogP contribution in [-0.4, -0.2) is 19.1 Å². The van der Waals surface area contributed by atoms with E-state index < -0.39 is 0 Å². The summed E-state index contributed by atoms with van der Waals surface area (Å²) in [5, 5.41) is 2.78. The fourth-order valence-electron chi connectivity index (χ4n) is 1.22. The summed E-state index contributed by atoms with van der Waals surface area (Å²) in [6, 6.07) is 6.88. The molecular formula is C12H16N2O2. The lowest BCUT2D eigenvalue weighted by Gasteiger charge is -2.05. The third kappa shape index (κ3) is 4.04. The number of nitrogen functional groups attached to an aromatic ring is 1. The van der Waals surface area contributed by atoms with Gasteiger partial charge in [0.25, 0.3) is 5.91 Å². The van der Waals surface area contributed by atoms with Crippen LogP contribution in [0.5, 0.6) is 0 Å². The third-order valence-corrected chi connectivity index (χ3v) is 1.99. The molecule has 1 aromatic carbocycles. The highest BCUT2D eigenvalue weighted by molar-refractivity contribution is 5.94. The lowest BCUT2D eigenvalue weighted by atomic mass is 10.2. The topological polar surface area (TPSA) is 64.3 Å². The van der Waals surface area contributed by atoms with Gasteiger partial charge in [-0.25, -0.2) is 0 Å². The van der Waals surface area contributed by atoms with Crippen molar-refractivity contribution in [2.24, 2.45) is 0 Å². The molecule has 0 aromatic heterocycles. The molecule has 16 heavy (non-hydrogen) atoms. The number of nitrogens with one attached hydrogen (secondary N) is 1. The van der Waals surface area contributed by atoms with E-state index in [9.17, 15) is 4.79 Å². The lowest BCUT2D eigenvalue weighted by molar-refractivity contribution is 0.0950. The first kappa shape index (κ1) is 12.1. The van der Waals surface area contributed by atoms with Crippen LogP contribution in [0.15, 0.2) is 37.1 Å². The molecule has 0 heterocycles. The summed E-state index contributed by atoms with van der Waals surface area (Å²) in [5.41, 5.74) is 6.74. The second kappa shape index (κ2) is 6.50. The number of amides is 1. The molecule has 0 bridgehead atoms. The maximum atomic E-state index is 11.6. The summed E-state index contributed by atoms with van der Waals surface area (Å²) in [5.74, 6) is -0.120. The van der Waals surface area contributed by atoms with Crippen LogP contribution in [0.3, 0.4) is 0 Å². The van der Waals surface area contributed by atoms with Gasteiger partial charge in [-0.3, -0.25) is 4.79 Å². The molecule has 0 aliphatic carbocycles. The summed E-state index contributed by atoms with van der Waals surface area (Å²) in [6.07, 6.45) is 2.14. The Morgan fingerprint density at radius 1 is 1.56 bits per heavy atom. The highest BCUT2D eigenvalue weighted by Gasteiger charge is 2.03. The molecule has 0 saturated carbocycles. The van der Waals surface area contributed by atoms with Gasteiger partial charge in [0.2, 0.25) is 0 Å². The van der Waals surface area contributed by atoms with Gasteiger partial charge in [-0.1, -0.05) is 12.6 Å². The maximum Gasteiger partial charge on any atom is 0.251 e. The van der Waals surface area contributed by atoms with Gasteiger partial charge in [-0.2, -0.15) is 0 Å². The molecule has 0 radical (unpaired) electrons. The maximum absolute atomic E-state index is 11.6. The van der Waals surface area contributed by atoms with E-state index in [0.717, 1.165) is 6.42 Å². The molecule has 0 aliphatic rings. The normalized spacial score (nSPS) is 9.50. The minimum atomic E-state index is -0.120. The second-order valence-corrected chi connectivity index (χ2v) is 3.27. The van der Waals surface area contributed by atoms with Gasteiger partial charge in [0, 0.05) is 17.8 Å². The number of rotatable bonds is 6. The number of anilines is 1. The first-order valence-electron chi connectivity index (χ1n) is 5.10. The summed E-state index contributed by atoms with van der Waals surface area (Å²) in [4.78, 5) is 11.6. The number of benzene rings is 1. The molecule has 86 valence electrons. The summed E-state index contributed by atoms with van der Waals surface area (Å²) >= 11 is 0. The highest BCUT2D eigenvalue weighted by atomic mass is 16.5. The van der Waals surface area contributed by atoms with E-state index >= 15 is 0 Å². The number of nitrogens with two attached hydrogens (primary N) is 1. The zero-order valence-corrected chi connectivity index (χ0v) is 9.11. The Labute approximate surface area is 95.1 Å². The van der Waals surface area contributed by atoms with Crippen LogP contribution in [0.2, 0.25) is 0 Å². The lowest BCUT2D eigenvalue weighted by Crippen LogP contribution is -2.25. The molecule has 0 spiro atoms. The number of ether oxygens (including phenoxy) is 1. The van der Waals surface area contributed by atoms with Gasteiger partial charge in [0.1, 0.15) is 0 Å². The molecule has 1 rings (SSSR count). The highest BCUT2D eigenvalue weighted by Crippen LogP contribution is 2.05. The van der Waals surface area contributed by atoms with Gasteiger partial charge in [0.15, 0.2) is 0 Å². The summed E-state index contributed by atoms with van der Waals surface area (Å²) < 4.78 is 4.93. The molecule has 1 aromatic rings. The van der Waals surface area contributed by atoms with Crippen LogP contribution in [0.4, 0.5) is 5.69 Å². The molecule has 0 unspecified atom stereocenters.